The smallest absolute Gasteiger partial charge is 0.331 e. The molecule has 2 heterocycles. The van der Waals surface area contributed by atoms with Gasteiger partial charge in [-0.05, 0) is 12.1 Å². The number of phenolic OH excluding ortho intramolecular Hbond substituents is 1. The summed E-state index contributed by atoms with van der Waals surface area (Å²) in [5.74, 6) is -0.559. The maximum Gasteiger partial charge on any atom is 0.331 e. The van der Waals surface area contributed by atoms with Crippen molar-refractivity contribution in [1.82, 2.24) is 0 Å². The minimum Gasteiger partial charge on any atom is -0.507 e. The highest BCUT2D eigenvalue weighted by atomic mass is 16.7. The lowest BCUT2D eigenvalue weighted by molar-refractivity contribution is -0.277. The van der Waals surface area contributed by atoms with Crippen LogP contribution < -0.4 is 4.74 Å². The fourth-order valence-corrected chi connectivity index (χ4v) is 2.87. The first-order chi connectivity index (χ1) is 12.4. The predicted octanol–water partition coefficient (Wildman–Crippen LogP) is -0.885. The summed E-state index contributed by atoms with van der Waals surface area (Å²) in [6.45, 7) is -0.574. The van der Waals surface area contributed by atoms with E-state index < -0.39 is 49.4 Å². The number of hydrogen-bond donors (Lipinski definition) is 5. The highest BCUT2D eigenvalue weighted by molar-refractivity contribution is 5.83. The van der Waals surface area contributed by atoms with E-state index in [9.17, 15) is 30.3 Å². The van der Waals surface area contributed by atoms with Crippen molar-refractivity contribution in [1.29, 1.82) is 0 Å². The van der Waals surface area contributed by atoms with Gasteiger partial charge in [0.2, 0.25) is 6.29 Å². The van der Waals surface area contributed by atoms with Crippen LogP contribution in [0.3, 0.4) is 0 Å². The van der Waals surface area contributed by atoms with Crippen molar-refractivity contribution in [3.05, 3.63) is 35.9 Å². The van der Waals surface area contributed by atoms with Crippen molar-refractivity contribution in [3.8, 4) is 11.5 Å². The first kappa shape index (κ1) is 18.6. The van der Waals surface area contributed by atoms with Crippen LogP contribution in [0.2, 0.25) is 0 Å². The second-order valence-corrected chi connectivity index (χ2v) is 6.10. The molecular weight excluding hydrogens is 348 g/mol. The Kier molecular flexibility index (Phi) is 5.44. The molecular formula is C17H20O9. The Morgan fingerprint density at radius 2 is 1.92 bits per heavy atom. The Hall–Kier alpha value is -2.17. The van der Waals surface area contributed by atoms with Crippen LogP contribution in [0.1, 0.15) is 18.1 Å². The fourth-order valence-electron chi connectivity index (χ4n) is 2.87. The monoisotopic (exact) mass is 368 g/mol. The fraction of sp³-hybridized carbons (Fsp3) is 0.471. The largest absolute Gasteiger partial charge is 0.507 e. The Morgan fingerprint density at radius 3 is 2.58 bits per heavy atom. The summed E-state index contributed by atoms with van der Waals surface area (Å²) in [4.78, 5) is 11.3. The average Bonchev–Trinajstić information content (AvgIpc) is 2.62. The zero-order valence-corrected chi connectivity index (χ0v) is 13.6. The minimum absolute atomic E-state index is 0.119. The summed E-state index contributed by atoms with van der Waals surface area (Å²) >= 11 is 0. The quantitative estimate of drug-likeness (QED) is 0.427. The molecule has 9 nitrogen and oxygen atoms in total. The summed E-state index contributed by atoms with van der Waals surface area (Å²) < 4.78 is 15.8. The van der Waals surface area contributed by atoms with Crippen LogP contribution in [-0.2, 0) is 14.3 Å². The number of esters is 1. The van der Waals surface area contributed by atoms with Gasteiger partial charge < -0.3 is 39.7 Å². The van der Waals surface area contributed by atoms with E-state index in [0.717, 1.165) is 0 Å². The molecule has 6 unspecified atom stereocenters. The molecule has 0 bridgehead atoms. The van der Waals surface area contributed by atoms with Crippen molar-refractivity contribution in [2.75, 3.05) is 6.61 Å². The molecule has 0 saturated carbocycles. The van der Waals surface area contributed by atoms with Gasteiger partial charge in [0.05, 0.1) is 6.61 Å². The molecule has 1 fully saturated rings. The summed E-state index contributed by atoms with van der Waals surface area (Å²) in [6, 6.07) is 4.23. The van der Waals surface area contributed by atoms with Gasteiger partial charge >= 0.3 is 5.97 Å². The number of cyclic esters (lactones) is 1. The third-order valence-electron chi connectivity index (χ3n) is 4.31. The topological polar surface area (TPSA) is 146 Å². The van der Waals surface area contributed by atoms with E-state index in [2.05, 4.69) is 0 Å². The minimum atomic E-state index is -1.56. The number of ether oxygens (including phenoxy) is 3. The first-order valence-corrected chi connectivity index (χ1v) is 8.08. The zero-order chi connectivity index (χ0) is 18.8. The Bertz CT molecular complexity index is 687. The number of rotatable bonds is 4. The third kappa shape index (κ3) is 3.67. The number of hydrogen-bond acceptors (Lipinski definition) is 9. The van der Waals surface area contributed by atoms with Crippen LogP contribution in [0.15, 0.2) is 30.4 Å². The van der Waals surface area contributed by atoms with Crippen molar-refractivity contribution in [3.63, 3.8) is 0 Å². The number of aromatic hydroxyl groups is 1. The van der Waals surface area contributed by atoms with Crippen LogP contribution in [0.25, 0.3) is 0 Å². The van der Waals surface area contributed by atoms with E-state index in [-0.39, 0.29) is 11.5 Å². The Morgan fingerprint density at radius 1 is 1.15 bits per heavy atom. The van der Waals surface area contributed by atoms with Gasteiger partial charge in [0.1, 0.15) is 42.0 Å². The van der Waals surface area contributed by atoms with E-state index in [4.69, 9.17) is 14.2 Å². The van der Waals surface area contributed by atoms with Gasteiger partial charge in [0, 0.05) is 24.1 Å². The average molecular weight is 368 g/mol. The van der Waals surface area contributed by atoms with Gasteiger partial charge in [-0.3, -0.25) is 0 Å². The van der Waals surface area contributed by atoms with E-state index >= 15 is 0 Å². The lowest BCUT2D eigenvalue weighted by atomic mass is 9.99. The summed E-state index contributed by atoms with van der Waals surface area (Å²) in [7, 11) is 0. The van der Waals surface area contributed by atoms with Crippen LogP contribution in [0.4, 0.5) is 0 Å². The molecule has 3 rings (SSSR count). The van der Waals surface area contributed by atoms with Crippen molar-refractivity contribution >= 4 is 5.97 Å². The molecule has 0 amide bonds. The van der Waals surface area contributed by atoms with Gasteiger partial charge in [-0.15, -0.1) is 0 Å². The first-order valence-electron chi connectivity index (χ1n) is 8.08. The van der Waals surface area contributed by atoms with Gasteiger partial charge in [0.15, 0.2) is 0 Å². The molecule has 0 aliphatic carbocycles. The highest BCUT2D eigenvalue weighted by Gasteiger charge is 2.44. The summed E-state index contributed by atoms with van der Waals surface area (Å²) in [5.41, 5.74) is 0.392. The molecule has 1 aromatic rings. The Balaban J connectivity index is 1.73. The van der Waals surface area contributed by atoms with E-state index in [1.165, 1.54) is 24.3 Å². The lowest BCUT2D eigenvalue weighted by Crippen LogP contribution is -2.60. The molecule has 0 aromatic heterocycles. The molecule has 9 heteroatoms. The van der Waals surface area contributed by atoms with Crippen LogP contribution in [-0.4, -0.2) is 68.8 Å². The highest BCUT2D eigenvalue weighted by Crippen LogP contribution is 2.35. The molecule has 5 N–H and O–H groups in total. The maximum atomic E-state index is 11.3. The standard InChI is InChI=1S/C17H20O9/c18-7-12-14(21)15(22)16(23)17(26-12)24-8-4-5-9(10(19)6-8)11-2-1-3-13(20)25-11/h1,3-6,11-12,14-19,21-23H,2,7H2. The maximum absolute atomic E-state index is 11.3. The van der Waals surface area contributed by atoms with Gasteiger partial charge in [-0.25, -0.2) is 4.79 Å². The van der Waals surface area contributed by atoms with Gasteiger partial charge in [-0.1, -0.05) is 6.08 Å². The van der Waals surface area contributed by atoms with E-state index in [1.807, 2.05) is 0 Å². The predicted molar refractivity (Wildman–Crippen MR) is 85.1 cm³/mol. The summed E-state index contributed by atoms with van der Waals surface area (Å²) in [6.07, 6.45) is -4.30. The molecule has 1 saturated heterocycles. The lowest BCUT2D eigenvalue weighted by Gasteiger charge is -2.39. The number of aliphatic hydroxyl groups is 4. The molecule has 0 spiro atoms. The van der Waals surface area contributed by atoms with E-state index in [1.54, 1.807) is 6.08 Å². The van der Waals surface area contributed by atoms with Crippen LogP contribution >= 0.6 is 0 Å². The number of carbonyl (C=O) groups excluding carboxylic acids is 1. The zero-order valence-electron chi connectivity index (χ0n) is 13.6. The number of phenols is 1. The molecule has 2 aliphatic rings. The second kappa shape index (κ2) is 7.60. The number of carbonyl (C=O) groups is 1. The second-order valence-electron chi connectivity index (χ2n) is 6.10. The van der Waals surface area contributed by atoms with Crippen LogP contribution in [0.5, 0.6) is 11.5 Å². The van der Waals surface area contributed by atoms with Crippen molar-refractivity contribution in [2.24, 2.45) is 0 Å². The normalized spacial score (nSPS) is 34.4. The molecule has 142 valence electrons. The Labute approximate surface area is 148 Å². The number of benzene rings is 1. The molecule has 6 atom stereocenters. The SMILES string of the molecule is O=C1C=CCC(c2ccc(OC3OC(CO)C(O)C(O)C3O)cc2O)O1. The molecule has 1 aromatic carbocycles. The molecule has 2 aliphatic heterocycles. The third-order valence-corrected chi connectivity index (χ3v) is 4.31. The van der Waals surface area contributed by atoms with Crippen molar-refractivity contribution in [2.45, 2.75) is 43.2 Å². The van der Waals surface area contributed by atoms with Gasteiger partial charge in [0.25, 0.3) is 0 Å². The summed E-state index contributed by atoms with van der Waals surface area (Å²) in [5, 5.41) is 48.8. The molecule has 26 heavy (non-hydrogen) atoms. The van der Waals surface area contributed by atoms with E-state index in [0.29, 0.717) is 12.0 Å². The van der Waals surface area contributed by atoms with Crippen LogP contribution in [0, 0.1) is 0 Å². The van der Waals surface area contributed by atoms with Crippen molar-refractivity contribution < 1.29 is 44.5 Å². The van der Waals surface area contributed by atoms with Gasteiger partial charge in [-0.2, -0.15) is 0 Å². The molecule has 0 radical (unpaired) electrons. The number of aliphatic hydroxyl groups excluding tert-OH is 4.